The van der Waals surface area contributed by atoms with Crippen LogP contribution < -0.4 is 5.32 Å². The van der Waals surface area contributed by atoms with Crippen molar-refractivity contribution in [3.63, 3.8) is 0 Å². The number of hydrogen-bond donors (Lipinski definition) is 1. The summed E-state index contributed by atoms with van der Waals surface area (Å²) in [6, 6.07) is 7.24. The van der Waals surface area contributed by atoms with Crippen LogP contribution in [0, 0.1) is 20.8 Å². The van der Waals surface area contributed by atoms with Crippen LogP contribution in [-0.4, -0.2) is 38.0 Å². The number of anilines is 1. The van der Waals surface area contributed by atoms with Crippen LogP contribution in [-0.2, 0) is 14.3 Å². The number of benzene rings is 1. The van der Waals surface area contributed by atoms with Gasteiger partial charge in [0.2, 0.25) is 5.91 Å². The number of carbonyl (C=O) groups is 2. The largest absolute Gasteiger partial charge is 0.460 e. The first-order chi connectivity index (χ1) is 19.0. The zero-order chi connectivity index (χ0) is 29.0. The summed E-state index contributed by atoms with van der Waals surface area (Å²) in [6.07, 6.45) is 6.15. The number of hydrogen-bond acceptors (Lipinski definition) is 7. The van der Waals surface area contributed by atoms with E-state index in [0.717, 1.165) is 51.8 Å². The molecule has 1 amide bonds. The molecule has 4 rings (SSSR count). The molecule has 0 unspecified atom stereocenters. The van der Waals surface area contributed by atoms with E-state index in [1.54, 1.807) is 11.3 Å². The van der Waals surface area contributed by atoms with E-state index in [4.69, 9.17) is 9.73 Å². The molecule has 1 atom stereocenters. The van der Waals surface area contributed by atoms with Gasteiger partial charge in [0.1, 0.15) is 22.5 Å². The smallest absolute Gasteiger partial charge is 0.308 e. The minimum absolute atomic E-state index is 0.0356. The predicted molar refractivity (Wildman–Crippen MR) is 161 cm³/mol. The minimum atomic E-state index is -0.597. The Balaban J connectivity index is 1.65. The summed E-state index contributed by atoms with van der Waals surface area (Å²) in [6.45, 7) is 13.9. The number of rotatable bonds is 10. The molecule has 40 heavy (non-hydrogen) atoms. The zero-order valence-corrected chi connectivity index (χ0v) is 25.6. The lowest BCUT2D eigenvalue weighted by Gasteiger charge is -2.21. The molecule has 1 aromatic carbocycles. The van der Waals surface area contributed by atoms with E-state index in [0.29, 0.717) is 12.2 Å². The summed E-state index contributed by atoms with van der Waals surface area (Å²) in [5.74, 6) is 1.08. The topological polar surface area (TPSA) is 98.5 Å². The highest BCUT2D eigenvalue weighted by Gasteiger charge is 2.33. The Hall–Kier alpha value is -3.33. The molecular formula is C31H41N5O3S. The maximum atomic E-state index is 12.9. The Bertz CT molecular complexity index is 1400. The standard InChI is InChI=1S/C31H41N5O3S/c1-8-9-10-11-12-13-25(37)32-23-16-14-22(15-17-23)28-27-19(2)20(3)40-30(27)36-21(4)34-35-29(36)24(33-28)18-26(38)39-31(5,6)7/h14-17,24H,8-13,18H2,1-7H3,(H,32,37)/t24-/m0/s1. The third kappa shape index (κ3) is 6.86. The van der Waals surface area contributed by atoms with Crippen molar-refractivity contribution in [3.05, 3.63) is 57.5 Å². The van der Waals surface area contributed by atoms with Gasteiger partial charge in [0.05, 0.1) is 12.1 Å². The van der Waals surface area contributed by atoms with Crippen LogP contribution in [0.5, 0.6) is 0 Å². The minimum Gasteiger partial charge on any atom is -0.460 e. The lowest BCUT2D eigenvalue weighted by atomic mass is 9.99. The SMILES string of the molecule is CCCCCCCC(=O)Nc1ccc(C2=N[C@@H](CC(=O)OC(C)(C)C)c3nnc(C)n3-c3sc(C)c(C)c32)cc1. The van der Waals surface area contributed by atoms with Crippen LogP contribution in [0.4, 0.5) is 5.69 Å². The molecule has 0 radical (unpaired) electrons. The van der Waals surface area contributed by atoms with E-state index < -0.39 is 11.6 Å². The second-order valence-corrected chi connectivity index (χ2v) is 12.7. The first-order valence-corrected chi connectivity index (χ1v) is 15.0. The van der Waals surface area contributed by atoms with Crippen LogP contribution in [0.1, 0.15) is 112 Å². The van der Waals surface area contributed by atoms with Crippen LogP contribution >= 0.6 is 11.3 Å². The van der Waals surface area contributed by atoms with Gasteiger partial charge in [0, 0.05) is 28.1 Å². The van der Waals surface area contributed by atoms with Gasteiger partial charge in [-0.1, -0.05) is 44.7 Å². The third-order valence-electron chi connectivity index (χ3n) is 6.97. The fourth-order valence-corrected chi connectivity index (χ4v) is 6.10. The average molecular weight is 564 g/mol. The number of ether oxygens (including phenoxy) is 1. The van der Waals surface area contributed by atoms with Crippen molar-refractivity contribution in [3.8, 4) is 5.00 Å². The molecule has 8 nitrogen and oxygen atoms in total. The Morgan fingerprint density at radius 3 is 2.40 bits per heavy atom. The fourth-order valence-electron chi connectivity index (χ4n) is 4.89. The van der Waals surface area contributed by atoms with Crippen LogP contribution in [0.2, 0.25) is 0 Å². The summed E-state index contributed by atoms with van der Waals surface area (Å²) in [5.41, 5.74) is 4.01. The van der Waals surface area contributed by atoms with Gasteiger partial charge in [0.25, 0.3) is 0 Å². The van der Waals surface area contributed by atoms with Gasteiger partial charge in [-0.05, 0) is 65.7 Å². The monoisotopic (exact) mass is 563 g/mol. The quantitative estimate of drug-likeness (QED) is 0.208. The maximum absolute atomic E-state index is 12.9. The van der Waals surface area contributed by atoms with Crippen LogP contribution in [0.25, 0.3) is 5.00 Å². The van der Waals surface area contributed by atoms with Gasteiger partial charge in [-0.25, -0.2) is 0 Å². The molecule has 214 valence electrons. The van der Waals surface area contributed by atoms with Crippen LogP contribution in [0.3, 0.4) is 0 Å². The number of amides is 1. The summed E-state index contributed by atoms with van der Waals surface area (Å²) in [5, 5.41) is 12.8. The Kier molecular flexibility index (Phi) is 9.23. The number of aliphatic imine (C=N–C) groups is 1. The molecular weight excluding hydrogens is 522 g/mol. The molecule has 0 aliphatic carbocycles. The van der Waals surface area contributed by atoms with Crippen molar-refractivity contribution >= 4 is 34.6 Å². The van der Waals surface area contributed by atoms with Crippen molar-refractivity contribution in [1.82, 2.24) is 14.8 Å². The lowest BCUT2D eigenvalue weighted by Crippen LogP contribution is -2.25. The van der Waals surface area contributed by atoms with Crippen molar-refractivity contribution in [1.29, 1.82) is 0 Å². The van der Waals surface area contributed by atoms with Gasteiger partial charge in [0.15, 0.2) is 5.82 Å². The Morgan fingerprint density at radius 2 is 1.73 bits per heavy atom. The molecule has 0 saturated heterocycles. The van der Waals surface area contributed by atoms with Crippen LogP contribution in [0.15, 0.2) is 29.3 Å². The van der Waals surface area contributed by atoms with Crippen molar-refractivity contribution < 1.29 is 14.3 Å². The fraction of sp³-hybridized carbons (Fsp3) is 0.516. The van der Waals surface area contributed by atoms with Gasteiger partial charge in [-0.3, -0.25) is 19.1 Å². The van der Waals surface area contributed by atoms with E-state index in [-0.39, 0.29) is 18.3 Å². The molecule has 1 N–H and O–H groups in total. The number of unbranched alkanes of at least 4 members (excludes halogenated alkanes) is 4. The number of carbonyl (C=O) groups excluding carboxylic acids is 2. The molecule has 3 aromatic rings. The van der Waals surface area contributed by atoms with E-state index in [2.05, 4.69) is 36.3 Å². The number of esters is 1. The van der Waals surface area contributed by atoms with Gasteiger partial charge in [-0.15, -0.1) is 21.5 Å². The summed E-state index contributed by atoms with van der Waals surface area (Å²) >= 11 is 1.67. The molecule has 0 bridgehead atoms. The molecule has 1 aliphatic rings. The number of nitrogens with zero attached hydrogens (tertiary/aromatic N) is 4. The van der Waals surface area contributed by atoms with Crippen molar-refractivity contribution in [2.75, 3.05) is 5.32 Å². The number of fused-ring (bicyclic) bond motifs is 3. The number of aromatic nitrogens is 3. The highest BCUT2D eigenvalue weighted by Crippen LogP contribution is 2.39. The van der Waals surface area contributed by atoms with Gasteiger partial charge >= 0.3 is 5.97 Å². The number of aryl methyl sites for hydroxylation is 2. The van der Waals surface area contributed by atoms with E-state index >= 15 is 0 Å². The second kappa shape index (κ2) is 12.5. The lowest BCUT2D eigenvalue weighted by molar-refractivity contribution is -0.155. The second-order valence-electron chi connectivity index (χ2n) is 11.5. The highest BCUT2D eigenvalue weighted by molar-refractivity contribution is 7.15. The first kappa shape index (κ1) is 29.6. The maximum Gasteiger partial charge on any atom is 0.308 e. The average Bonchev–Trinajstić information content (AvgIpc) is 3.35. The molecule has 0 spiro atoms. The Morgan fingerprint density at radius 1 is 1.02 bits per heavy atom. The third-order valence-corrected chi connectivity index (χ3v) is 8.16. The summed E-state index contributed by atoms with van der Waals surface area (Å²) in [7, 11) is 0. The molecule has 1 aliphatic heterocycles. The Labute approximate surface area is 241 Å². The number of nitrogens with one attached hydrogen (secondary N) is 1. The molecule has 9 heteroatoms. The predicted octanol–water partition coefficient (Wildman–Crippen LogP) is 7.18. The molecule has 0 saturated carbocycles. The number of thiophene rings is 1. The van der Waals surface area contributed by atoms with Crippen molar-refractivity contribution in [2.45, 2.75) is 105 Å². The molecule has 0 fully saturated rings. The highest BCUT2D eigenvalue weighted by atomic mass is 32.1. The van der Waals surface area contributed by atoms with E-state index in [9.17, 15) is 9.59 Å². The molecule has 3 heterocycles. The summed E-state index contributed by atoms with van der Waals surface area (Å²) in [4.78, 5) is 31.7. The van der Waals surface area contributed by atoms with Crippen molar-refractivity contribution in [2.24, 2.45) is 4.99 Å². The first-order valence-electron chi connectivity index (χ1n) is 14.2. The normalized spacial score (nSPS) is 14.7. The van der Waals surface area contributed by atoms with Gasteiger partial charge < -0.3 is 10.1 Å². The van der Waals surface area contributed by atoms with E-state index in [1.807, 2.05) is 56.5 Å². The summed E-state index contributed by atoms with van der Waals surface area (Å²) < 4.78 is 7.67. The van der Waals surface area contributed by atoms with E-state index in [1.165, 1.54) is 24.1 Å². The van der Waals surface area contributed by atoms with Gasteiger partial charge in [-0.2, -0.15) is 0 Å². The zero-order valence-electron chi connectivity index (χ0n) is 24.8. The molecule has 2 aromatic heterocycles.